The Balaban J connectivity index is 1.75. The fraction of sp³-hybridized carbons (Fsp3) is 0.190. The molecule has 0 N–H and O–H groups in total. The van der Waals surface area contributed by atoms with Crippen molar-refractivity contribution in [2.45, 2.75) is 20.3 Å². The summed E-state index contributed by atoms with van der Waals surface area (Å²) in [6, 6.07) is 20.6. The van der Waals surface area contributed by atoms with Crippen LogP contribution in [0.15, 0.2) is 65.8 Å². The lowest BCUT2D eigenvalue weighted by atomic mass is 10.1. The first-order valence-corrected chi connectivity index (χ1v) is 8.34. The molecule has 25 heavy (non-hydrogen) atoms. The molecule has 0 aliphatic rings. The van der Waals surface area contributed by atoms with E-state index in [0.717, 1.165) is 29.3 Å². The summed E-state index contributed by atoms with van der Waals surface area (Å²) >= 11 is 0. The number of hydrazone groups is 1. The Morgan fingerprint density at radius 1 is 0.960 bits per heavy atom. The van der Waals surface area contributed by atoms with Crippen molar-refractivity contribution in [3.8, 4) is 11.3 Å². The average molecular weight is 330 g/mol. The molecule has 0 saturated carbocycles. The maximum atomic E-state index is 4.53. The molecule has 1 heterocycles. The molecule has 0 fully saturated rings. The lowest BCUT2D eigenvalue weighted by Gasteiger charge is -2.13. The molecule has 1 aromatic heterocycles. The van der Waals surface area contributed by atoms with Crippen molar-refractivity contribution in [2.75, 3.05) is 12.1 Å². The van der Waals surface area contributed by atoms with Gasteiger partial charge in [-0.25, -0.2) is 9.97 Å². The molecule has 0 radical (unpaired) electrons. The second kappa shape index (κ2) is 7.71. The van der Waals surface area contributed by atoms with E-state index < -0.39 is 0 Å². The number of aryl methyl sites for hydroxylation is 2. The van der Waals surface area contributed by atoms with Crippen molar-refractivity contribution in [2.24, 2.45) is 5.10 Å². The highest BCUT2D eigenvalue weighted by Crippen LogP contribution is 2.21. The summed E-state index contributed by atoms with van der Waals surface area (Å²) in [5, 5.41) is 6.29. The third kappa shape index (κ3) is 4.51. The monoisotopic (exact) mass is 330 g/mol. The van der Waals surface area contributed by atoms with E-state index in [1.54, 1.807) is 5.01 Å². The highest BCUT2D eigenvalue weighted by molar-refractivity contribution is 5.65. The molecule has 3 rings (SSSR count). The van der Waals surface area contributed by atoms with Crippen LogP contribution in [0, 0.1) is 13.8 Å². The van der Waals surface area contributed by atoms with Gasteiger partial charge in [0.15, 0.2) is 5.82 Å². The van der Waals surface area contributed by atoms with Gasteiger partial charge in [0.2, 0.25) is 0 Å². The van der Waals surface area contributed by atoms with Crippen molar-refractivity contribution in [3.63, 3.8) is 0 Å². The number of anilines is 1. The summed E-state index contributed by atoms with van der Waals surface area (Å²) in [5.74, 6) is 1.52. The van der Waals surface area contributed by atoms with Gasteiger partial charge < -0.3 is 0 Å². The molecule has 126 valence electrons. The van der Waals surface area contributed by atoms with Crippen LogP contribution in [0.4, 0.5) is 5.82 Å². The van der Waals surface area contributed by atoms with Crippen LogP contribution in [-0.4, -0.2) is 23.2 Å². The zero-order valence-electron chi connectivity index (χ0n) is 14.8. The van der Waals surface area contributed by atoms with Gasteiger partial charge in [-0.3, -0.25) is 5.01 Å². The molecule has 4 nitrogen and oxygen atoms in total. The van der Waals surface area contributed by atoms with Crippen LogP contribution in [0.5, 0.6) is 0 Å². The minimum absolute atomic E-state index is 0.733. The van der Waals surface area contributed by atoms with Gasteiger partial charge in [-0.15, -0.1) is 0 Å². The number of aromatic nitrogens is 2. The van der Waals surface area contributed by atoms with E-state index >= 15 is 0 Å². The number of hydrogen-bond acceptors (Lipinski definition) is 4. The van der Waals surface area contributed by atoms with Gasteiger partial charge in [0.1, 0.15) is 5.82 Å². The first-order valence-electron chi connectivity index (χ1n) is 8.34. The molecule has 0 aliphatic carbocycles. The molecular formula is C21H22N4. The molecule has 4 heteroatoms. The summed E-state index contributed by atoms with van der Waals surface area (Å²) in [7, 11) is 1.90. The van der Waals surface area contributed by atoms with Crippen LogP contribution in [-0.2, 0) is 6.42 Å². The topological polar surface area (TPSA) is 41.4 Å². The smallest absolute Gasteiger partial charge is 0.152 e. The van der Waals surface area contributed by atoms with Crippen LogP contribution < -0.4 is 5.01 Å². The molecule has 0 unspecified atom stereocenters. The van der Waals surface area contributed by atoms with Crippen molar-refractivity contribution in [1.82, 2.24) is 9.97 Å². The Bertz CT molecular complexity index is 855. The molecular weight excluding hydrogens is 308 g/mol. The molecule has 0 atom stereocenters. The SMILES string of the molecule is Cc1ccc(CC=NN(C)c2cc(-c3ccccc3)nc(C)n2)cc1. The van der Waals surface area contributed by atoms with Gasteiger partial charge in [-0.2, -0.15) is 5.10 Å². The van der Waals surface area contributed by atoms with E-state index in [0.29, 0.717) is 0 Å². The summed E-state index contributed by atoms with van der Waals surface area (Å²) in [5.41, 5.74) is 4.49. The van der Waals surface area contributed by atoms with Crippen LogP contribution in [0.25, 0.3) is 11.3 Å². The van der Waals surface area contributed by atoms with Gasteiger partial charge in [0.25, 0.3) is 0 Å². The summed E-state index contributed by atoms with van der Waals surface area (Å²) < 4.78 is 0. The van der Waals surface area contributed by atoms with Gasteiger partial charge in [-0.05, 0) is 19.4 Å². The largest absolute Gasteiger partial charge is 0.251 e. The highest BCUT2D eigenvalue weighted by Gasteiger charge is 2.07. The number of hydrogen-bond donors (Lipinski definition) is 0. The molecule has 0 spiro atoms. The van der Waals surface area contributed by atoms with Crippen molar-refractivity contribution < 1.29 is 0 Å². The highest BCUT2D eigenvalue weighted by atomic mass is 15.5. The second-order valence-electron chi connectivity index (χ2n) is 6.04. The molecule has 3 aromatic rings. The maximum Gasteiger partial charge on any atom is 0.152 e. The zero-order valence-corrected chi connectivity index (χ0v) is 14.8. The van der Waals surface area contributed by atoms with Gasteiger partial charge in [0.05, 0.1) is 5.69 Å². The van der Waals surface area contributed by atoms with Gasteiger partial charge >= 0.3 is 0 Å². The fourth-order valence-electron chi connectivity index (χ4n) is 2.53. The predicted octanol–water partition coefficient (Wildman–Crippen LogP) is 4.43. The van der Waals surface area contributed by atoms with Crippen molar-refractivity contribution in [3.05, 3.63) is 77.6 Å². The quantitative estimate of drug-likeness (QED) is 0.513. The lowest BCUT2D eigenvalue weighted by molar-refractivity contribution is 0.940. The van der Waals surface area contributed by atoms with Crippen molar-refractivity contribution >= 4 is 12.0 Å². The van der Waals surface area contributed by atoms with Crippen LogP contribution in [0.2, 0.25) is 0 Å². The summed E-state index contributed by atoms with van der Waals surface area (Å²) in [4.78, 5) is 9.03. The third-order valence-electron chi connectivity index (χ3n) is 3.93. The maximum absolute atomic E-state index is 4.53. The Morgan fingerprint density at radius 2 is 1.68 bits per heavy atom. The van der Waals surface area contributed by atoms with E-state index in [4.69, 9.17) is 0 Å². The lowest BCUT2D eigenvalue weighted by Crippen LogP contribution is -2.12. The second-order valence-corrected chi connectivity index (χ2v) is 6.04. The Morgan fingerprint density at radius 3 is 2.40 bits per heavy atom. The third-order valence-corrected chi connectivity index (χ3v) is 3.93. The zero-order chi connectivity index (χ0) is 17.6. The number of nitrogens with zero attached hydrogens (tertiary/aromatic N) is 4. The normalized spacial score (nSPS) is 11.0. The Hall–Kier alpha value is -3.01. The first kappa shape index (κ1) is 16.8. The van der Waals surface area contributed by atoms with E-state index in [-0.39, 0.29) is 0 Å². The summed E-state index contributed by atoms with van der Waals surface area (Å²) in [6.45, 7) is 3.99. The van der Waals surface area contributed by atoms with E-state index in [9.17, 15) is 0 Å². The molecule has 0 aliphatic heterocycles. The van der Waals surface area contributed by atoms with E-state index in [1.807, 2.05) is 56.6 Å². The Kier molecular flexibility index (Phi) is 5.19. The molecule has 0 amide bonds. The minimum Gasteiger partial charge on any atom is -0.251 e. The molecule has 0 bridgehead atoms. The number of benzene rings is 2. The number of rotatable bonds is 5. The minimum atomic E-state index is 0.733. The van der Waals surface area contributed by atoms with Crippen LogP contribution >= 0.6 is 0 Å². The predicted molar refractivity (Wildman–Crippen MR) is 104 cm³/mol. The Labute approximate surface area is 148 Å². The van der Waals surface area contributed by atoms with E-state index in [1.165, 1.54) is 11.1 Å². The summed E-state index contributed by atoms with van der Waals surface area (Å²) in [6.07, 6.45) is 2.70. The molecule has 0 saturated heterocycles. The van der Waals surface area contributed by atoms with Crippen LogP contribution in [0.1, 0.15) is 17.0 Å². The average Bonchev–Trinajstić information content (AvgIpc) is 2.63. The van der Waals surface area contributed by atoms with Crippen LogP contribution in [0.3, 0.4) is 0 Å². The van der Waals surface area contributed by atoms with Crippen molar-refractivity contribution in [1.29, 1.82) is 0 Å². The first-order chi connectivity index (χ1) is 12.1. The standard InChI is InChI=1S/C21H22N4/c1-16-9-11-18(12-10-16)13-14-22-25(3)21-15-20(23-17(2)24-21)19-7-5-4-6-8-19/h4-12,14-15H,13H2,1-3H3. The van der Waals surface area contributed by atoms with Gasteiger partial charge in [-0.1, -0.05) is 60.2 Å². The van der Waals surface area contributed by atoms with E-state index in [2.05, 4.69) is 46.3 Å². The van der Waals surface area contributed by atoms with Gasteiger partial charge in [0, 0.05) is 31.3 Å². The fourth-order valence-corrected chi connectivity index (χ4v) is 2.53. The molecule has 2 aromatic carbocycles.